The number of methoxy groups -OCH3 is 1. The minimum atomic E-state index is -3.71. The highest BCUT2D eigenvalue weighted by Crippen LogP contribution is 2.65. The van der Waals surface area contributed by atoms with Gasteiger partial charge in [-0.15, -0.1) is 0 Å². The normalized spacial score (nSPS) is 29.1. The van der Waals surface area contributed by atoms with Crippen molar-refractivity contribution >= 4 is 15.9 Å². The van der Waals surface area contributed by atoms with Crippen LogP contribution in [0.5, 0.6) is 5.75 Å². The molecule has 7 heteroatoms. The number of hydrogen-bond donors (Lipinski definition) is 1. The molecule has 0 unspecified atom stereocenters. The van der Waals surface area contributed by atoms with Gasteiger partial charge in [-0.25, -0.2) is 12.7 Å². The molecule has 150 valence electrons. The number of carbonyl (C=O) groups excluding carboxylic acids is 1. The Morgan fingerprint density at radius 3 is 2.41 bits per heavy atom. The number of nitrogens with one attached hydrogen (secondary N) is 1. The molecule has 1 aromatic rings. The third-order valence-corrected chi connectivity index (χ3v) is 9.12. The van der Waals surface area contributed by atoms with E-state index in [0.29, 0.717) is 11.5 Å². The van der Waals surface area contributed by atoms with Crippen molar-refractivity contribution in [2.45, 2.75) is 51.0 Å². The summed E-state index contributed by atoms with van der Waals surface area (Å²) in [5, 5.41) is 3.18. The van der Waals surface area contributed by atoms with E-state index in [9.17, 15) is 13.2 Å². The summed E-state index contributed by atoms with van der Waals surface area (Å²) >= 11 is 0. The topological polar surface area (TPSA) is 75.7 Å². The third-order valence-electron chi connectivity index (χ3n) is 7.28. The fourth-order valence-electron chi connectivity index (χ4n) is 4.88. The molecule has 0 heterocycles. The first-order valence-electron chi connectivity index (χ1n) is 9.36. The van der Waals surface area contributed by atoms with Gasteiger partial charge in [0.05, 0.1) is 7.11 Å². The van der Waals surface area contributed by atoms with Crippen molar-refractivity contribution in [3.8, 4) is 5.75 Å². The summed E-state index contributed by atoms with van der Waals surface area (Å²) in [6, 6.07) is 4.67. The summed E-state index contributed by atoms with van der Waals surface area (Å²) < 4.78 is 31.5. The Hall–Kier alpha value is -1.60. The van der Waals surface area contributed by atoms with E-state index in [1.807, 2.05) is 0 Å². The second kappa shape index (κ2) is 6.48. The minimum absolute atomic E-state index is 0.00198. The summed E-state index contributed by atoms with van der Waals surface area (Å²) in [6.07, 6.45) is 3.30. The zero-order valence-electron chi connectivity index (χ0n) is 17.0. The monoisotopic (exact) mass is 394 g/mol. The second-order valence-corrected chi connectivity index (χ2v) is 10.9. The van der Waals surface area contributed by atoms with Gasteiger partial charge in [-0.3, -0.25) is 4.79 Å². The molecule has 0 aliphatic heterocycles. The summed E-state index contributed by atoms with van der Waals surface area (Å²) in [7, 11) is 0.621. The minimum Gasteiger partial charge on any atom is -0.495 e. The highest BCUT2D eigenvalue weighted by atomic mass is 32.2. The molecule has 0 aromatic heterocycles. The molecule has 0 saturated heterocycles. The molecule has 2 fully saturated rings. The molecule has 27 heavy (non-hydrogen) atoms. The smallest absolute Gasteiger partial charge is 0.251 e. The fraction of sp³-hybridized carbons (Fsp3) is 0.650. The van der Waals surface area contributed by atoms with Gasteiger partial charge in [0.25, 0.3) is 5.91 Å². The van der Waals surface area contributed by atoms with E-state index < -0.39 is 10.0 Å². The maximum Gasteiger partial charge on any atom is 0.251 e. The lowest BCUT2D eigenvalue weighted by Crippen LogP contribution is -2.46. The average Bonchev–Trinajstić information content (AvgIpc) is 2.94. The Kier molecular flexibility index (Phi) is 4.84. The van der Waals surface area contributed by atoms with Crippen molar-refractivity contribution in [1.29, 1.82) is 0 Å². The molecular weight excluding hydrogens is 364 g/mol. The van der Waals surface area contributed by atoms with E-state index in [1.165, 1.54) is 39.8 Å². The van der Waals surface area contributed by atoms with E-state index in [0.717, 1.165) is 17.1 Å². The van der Waals surface area contributed by atoms with Crippen LogP contribution >= 0.6 is 0 Å². The number of benzene rings is 1. The first-order chi connectivity index (χ1) is 12.4. The maximum absolute atomic E-state index is 12.9. The summed E-state index contributed by atoms with van der Waals surface area (Å²) in [5.74, 6) is 0.615. The Balaban J connectivity index is 1.89. The highest BCUT2D eigenvalue weighted by molar-refractivity contribution is 7.89. The van der Waals surface area contributed by atoms with Crippen LogP contribution in [-0.4, -0.2) is 45.9 Å². The van der Waals surface area contributed by atoms with Gasteiger partial charge in [0, 0.05) is 25.7 Å². The molecule has 2 saturated carbocycles. The van der Waals surface area contributed by atoms with Crippen molar-refractivity contribution in [2.75, 3.05) is 21.2 Å². The van der Waals surface area contributed by atoms with Crippen LogP contribution in [-0.2, 0) is 10.0 Å². The molecular formula is C20H30N2O4S. The van der Waals surface area contributed by atoms with Crippen molar-refractivity contribution in [3.63, 3.8) is 0 Å². The highest BCUT2D eigenvalue weighted by Gasteiger charge is 2.61. The van der Waals surface area contributed by atoms with Crippen LogP contribution in [0, 0.1) is 16.7 Å². The summed E-state index contributed by atoms with van der Waals surface area (Å²) in [6.45, 7) is 6.86. The number of sulfonamides is 1. The number of ether oxygens (including phenoxy) is 1. The fourth-order valence-corrected chi connectivity index (χ4v) is 5.95. The van der Waals surface area contributed by atoms with Crippen LogP contribution in [0.2, 0.25) is 0 Å². The van der Waals surface area contributed by atoms with E-state index >= 15 is 0 Å². The Morgan fingerprint density at radius 2 is 1.93 bits per heavy atom. The molecule has 3 atom stereocenters. The molecule has 1 aromatic carbocycles. The second-order valence-electron chi connectivity index (χ2n) is 8.79. The molecule has 6 nitrogen and oxygen atoms in total. The van der Waals surface area contributed by atoms with Gasteiger partial charge in [-0.1, -0.05) is 20.8 Å². The van der Waals surface area contributed by atoms with Crippen LogP contribution in [0.3, 0.4) is 0 Å². The SMILES string of the molecule is COc1ccc(C(=O)N[C@H]2C[C@H]3CC[C@@]2(C)C3(C)C)cc1S(=O)(=O)N(C)C. The van der Waals surface area contributed by atoms with E-state index in [-0.39, 0.29) is 33.4 Å². The Labute approximate surface area is 162 Å². The molecule has 2 aliphatic rings. The Bertz CT molecular complexity index is 863. The third kappa shape index (κ3) is 2.95. The molecule has 1 amide bonds. The quantitative estimate of drug-likeness (QED) is 0.833. The van der Waals surface area contributed by atoms with Crippen LogP contribution < -0.4 is 10.1 Å². The van der Waals surface area contributed by atoms with E-state index in [4.69, 9.17) is 4.74 Å². The molecule has 0 spiro atoms. The van der Waals surface area contributed by atoms with Gasteiger partial charge in [-0.2, -0.15) is 0 Å². The number of nitrogens with zero attached hydrogens (tertiary/aromatic N) is 1. The summed E-state index contributed by atoms with van der Waals surface area (Å²) in [5.41, 5.74) is 0.600. The van der Waals surface area contributed by atoms with Gasteiger partial charge in [0.1, 0.15) is 10.6 Å². The van der Waals surface area contributed by atoms with Crippen LogP contribution in [0.25, 0.3) is 0 Å². The molecule has 2 bridgehead atoms. The first kappa shape index (κ1) is 20.1. The average molecular weight is 395 g/mol. The lowest BCUT2D eigenvalue weighted by atomic mass is 9.69. The number of fused-ring (bicyclic) bond motifs is 2. The van der Waals surface area contributed by atoms with Crippen LogP contribution in [0.4, 0.5) is 0 Å². The zero-order valence-corrected chi connectivity index (χ0v) is 17.8. The van der Waals surface area contributed by atoms with Crippen molar-refractivity contribution < 1.29 is 17.9 Å². The predicted molar refractivity (Wildman–Crippen MR) is 104 cm³/mol. The van der Waals surface area contributed by atoms with Crippen LogP contribution in [0.1, 0.15) is 50.4 Å². The molecule has 2 aliphatic carbocycles. The lowest BCUT2D eigenvalue weighted by Gasteiger charge is -2.39. The van der Waals surface area contributed by atoms with Gasteiger partial charge < -0.3 is 10.1 Å². The van der Waals surface area contributed by atoms with Gasteiger partial charge in [0.2, 0.25) is 10.0 Å². The lowest BCUT2D eigenvalue weighted by molar-refractivity contribution is 0.0826. The van der Waals surface area contributed by atoms with Crippen molar-refractivity contribution in [2.24, 2.45) is 16.7 Å². The standard InChI is InChI=1S/C20H30N2O4S/c1-19(2)14-9-10-20(19,3)17(12-14)21-18(23)13-7-8-15(26-6)16(11-13)27(24,25)22(4)5/h7-8,11,14,17H,9-10,12H2,1-6H3,(H,21,23)/t14-,17+,20-/m1/s1. The van der Waals surface area contributed by atoms with Crippen LogP contribution in [0.15, 0.2) is 23.1 Å². The largest absolute Gasteiger partial charge is 0.495 e. The van der Waals surface area contributed by atoms with E-state index in [1.54, 1.807) is 6.07 Å². The molecule has 3 rings (SSSR count). The summed E-state index contributed by atoms with van der Waals surface area (Å²) in [4.78, 5) is 12.9. The number of hydrogen-bond acceptors (Lipinski definition) is 4. The maximum atomic E-state index is 12.9. The van der Waals surface area contributed by atoms with Gasteiger partial charge in [0.15, 0.2) is 0 Å². The number of rotatable bonds is 5. The van der Waals surface area contributed by atoms with E-state index in [2.05, 4.69) is 26.1 Å². The first-order valence-corrected chi connectivity index (χ1v) is 10.8. The van der Waals surface area contributed by atoms with Crippen molar-refractivity contribution in [1.82, 2.24) is 9.62 Å². The Morgan fingerprint density at radius 1 is 1.26 bits per heavy atom. The zero-order chi connectivity index (χ0) is 20.2. The molecule has 0 radical (unpaired) electrons. The van der Waals surface area contributed by atoms with Gasteiger partial charge >= 0.3 is 0 Å². The predicted octanol–water partition coefficient (Wildman–Crippen LogP) is 2.89. The van der Waals surface area contributed by atoms with Gasteiger partial charge in [-0.05, 0) is 54.2 Å². The number of carbonyl (C=O) groups is 1. The number of amides is 1. The van der Waals surface area contributed by atoms with Crippen molar-refractivity contribution in [3.05, 3.63) is 23.8 Å². The molecule has 1 N–H and O–H groups in total.